The number of hydrogen-bond acceptors (Lipinski definition) is 3. The van der Waals surface area contributed by atoms with Gasteiger partial charge in [0.1, 0.15) is 0 Å². The van der Waals surface area contributed by atoms with Gasteiger partial charge in [-0.05, 0) is 14.0 Å². The first kappa shape index (κ1) is 7.54. The SMILES string of the molecule is C/C=N\N1CCN(C)CC1. The summed E-state index contributed by atoms with van der Waals surface area (Å²) in [7, 11) is 2.15. The van der Waals surface area contributed by atoms with E-state index in [9.17, 15) is 0 Å². The first-order valence-corrected chi connectivity index (χ1v) is 3.75. The summed E-state index contributed by atoms with van der Waals surface area (Å²) in [5.41, 5.74) is 0. The van der Waals surface area contributed by atoms with Crippen LogP contribution in [0.15, 0.2) is 5.10 Å². The molecule has 58 valence electrons. The molecule has 0 aliphatic carbocycles. The minimum atomic E-state index is 1.07. The van der Waals surface area contributed by atoms with E-state index in [1.807, 2.05) is 13.1 Å². The van der Waals surface area contributed by atoms with E-state index in [2.05, 4.69) is 22.1 Å². The second kappa shape index (κ2) is 3.56. The van der Waals surface area contributed by atoms with E-state index in [1.165, 1.54) is 0 Å². The third-order valence-electron chi connectivity index (χ3n) is 1.76. The average molecular weight is 141 g/mol. The zero-order valence-corrected chi connectivity index (χ0v) is 6.75. The van der Waals surface area contributed by atoms with Crippen molar-refractivity contribution in [3.8, 4) is 0 Å². The van der Waals surface area contributed by atoms with Crippen LogP contribution in [0.5, 0.6) is 0 Å². The molecular weight excluding hydrogens is 126 g/mol. The summed E-state index contributed by atoms with van der Waals surface area (Å²) in [5.74, 6) is 0. The molecule has 0 atom stereocenters. The van der Waals surface area contributed by atoms with Crippen LogP contribution in [0.3, 0.4) is 0 Å². The van der Waals surface area contributed by atoms with Gasteiger partial charge in [-0.2, -0.15) is 5.10 Å². The number of hydrogen-bond donors (Lipinski definition) is 0. The Morgan fingerprint density at radius 1 is 1.20 bits per heavy atom. The fourth-order valence-corrected chi connectivity index (χ4v) is 1.07. The first-order chi connectivity index (χ1) is 4.83. The zero-order valence-electron chi connectivity index (χ0n) is 6.75. The first-order valence-electron chi connectivity index (χ1n) is 3.75. The molecule has 1 rings (SSSR count). The summed E-state index contributed by atoms with van der Waals surface area (Å²) in [5, 5.41) is 6.31. The van der Waals surface area contributed by atoms with Crippen LogP contribution in [-0.4, -0.2) is 49.4 Å². The van der Waals surface area contributed by atoms with Gasteiger partial charge in [-0.1, -0.05) is 0 Å². The molecule has 10 heavy (non-hydrogen) atoms. The highest BCUT2D eigenvalue weighted by Crippen LogP contribution is 1.97. The number of rotatable bonds is 1. The molecule has 0 unspecified atom stereocenters. The van der Waals surface area contributed by atoms with Crippen LogP contribution in [0.2, 0.25) is 0 Å². The van der Waals surface area contributed by atoms with E-state index in [0.29, 0.717) is 0 Å². The molecule has 1 saturated heterocycles. The van der Waals surface area contributed by atoms with Gasteiger partial charge in [0, 0.05) is 32.4 Å². The smallest absolute Gasteiger partial charge is 0.0488 e. The van der Waals surface area contributed by atoms with Crippen LogP contribution in [0.1, 0.15) is 6.92 Å². The fourth-order valence-electron chi connectivity index (χ4n) is 1.07. The van der Waals surface area contributed by atoms with Crippen LogP contribution < -0.4 is 0 Å². The highest BCUT2D eigenvalue weighted by Gasteiger charge is 2.09. The topological polar surface area (TPSA) is 18.8 Å². The zero-order chi connectivity index (χ0) is 7.40. The maximum absolute atomic E-state index is 4.20. The number of hydrazone groups is 1. The van der Waals surface area contributed by atoms with Crippen molar-refractivity contribution in [2.24, 2.45) is 5.10 Å². The van der Waals surface area contributed by atoms with E-state index in [4.69, 9.17) is 0 Å². The highest BCUT2D eigenvalue weighted by molar-refractivity contribution is 5.52. The molecule has 1 aliphatic heterocycles. The molecule has 0 radical (unpaired) electrons. The lowest BCUT2D eigenvalue weighted by Crippen LogP contribution is -2.41. The lowest BCUT2D eigenvalue weighted by Gasteiger charge is -2.30. The van der Waals surface area contributed by atoms with Gasteiger partial charge in [0.2, 0.25) is 0 Å². The van der Waals surface area contributed by atoms with Crippen LogP contribution in [0, 0.1) is 0 Å². The average Bonchev–Trinajstić information content (AvgIpc) is 1.95. The van der Waals surface area contributed by atoms with E-state index < -0.39 is 0 Å². The van der Waals surface area contributed by atoms with E-state index in [1.54, 1.807) is 0 Å². The predicted octanol–water partition coefficient (Wildman–Crippen LogP) is 0.240. The van der Waals surface area contributed by atoms with Crippen molar-refractivity contribution in [1.82, 2.24) is 9.91 Å². The van der Waals surface area contributed by atoms with E-state index >= 15 is 0 Å². The van der Waals surface area contributed by atoms with Gasteiger partial charge in [0.05, 0.1) is 0 Å². The number of likely N-dealkylation sites (N-methyl/N-ethyl adjacent to an activating group) is 1. The quantitative estimate of drug-likeness (QED) is 0.487. The minimum absolute atomic E-state index is 1.07. The van der Waals surface area contributed by atoms with Crippen molar-refractivity contribution in [3.63, 3.8) is 0 Å². The van der Waals surface area contributed by atoms with Gasteiger partial charge < -0.3 is 4.90 Å². The Balaban J connectivity index is 2.26. The van der Waals surface area contributed by atoms with Crippen LogP contribution >= 0.6 is 0 Å². The van der Waals surface area contributed by atoms with E-state index in [-0.39, 0.29) is 0 Å². The van der Waals surface area contributed by atoms with Crippen molar-refractivity contribution < 1.29 is 0 Å². The molecule has 0 aromatic rings. The monoisotopic (exact) mass is 141 g/mol. The molecule has 0 N–H and O–H groups in total. The molecule has 0 aromatic carbocycles. The molecule has 0 aromatic heterocycles. The predicted molar refractivity (Wildman–Crippen MR) is 43.2 cm³/mol. The molecule has 3 nitrogen and oxygen atoms in total. The van der Waals surface area contributed by atoms with Gasteiger partial charge in [0.15, 0.2) is 0 Å². The molecule has 1 heterocycles. The molecule has 1 fully saturated rings. The van der Waals surface area contributed by atoms with E-state index in [0.717, 1.165) is 26.2 Å². The molecule has 1 aliphatic rings. The summed E-state index contributed by atoms with van der Waals surface area (Å²) in [6, 6.07) is 0. The third-order valence-corrected chi connectivity index (χ3v) is 1.76. The summed E-state index contributed by atoms with van der Waals surface area (Å²) < 4.78 is 0. The van der Waals surface area contributed by atoms with Gasteiger partial charge in [0.25, 0.3) is 0 Å². The Bertz CT molecular complexity index is 114. The Morgan fingerprint density at radius 3 is 2.30 bits per heavy atom. The Labute approximate surface area is 62.3 Å². The molecule has 3 heteroatoms. The summed E-state index contributed by atoms with van der Waals surface area (Å²) in [6.07, 6.45) is 1.85. The van der Waals surface area contributed by atoms with Gasteiger partial charge in [-0.3, -0.25) is 5.01 Å². The standard InChI is InChI=1S/C7H15N3/c1-3-8-10-6-4-9(2)5-7-10/h3H,4-7H2,1-2H3/b8-3-. The van der Waals surface area contributed by atoms with Gasteiger partial charge in [-0.25, -0.2) is 0 Å². The summed E-state index contributed by atoms with van der Waals surface area (Å²) >= 11 is 0. The molecular formula is C7H15N3. The second-order valence-corrected chi connectivity index (χ2v) is 2.63. The van der Waals surface area contributed by atoms with Crippen LogP contribution in [-0.2, 0) is 0 Å². The lowest BCUT2D eigenvalue weighted by molar-refractivity contribution is 0.159. The number of piperazine rings is 1. The van der Waals surface area contributed by atoms with Crippen molar-refractivity contribution >= 4 is 6.21 Å². The maximum atomic E-state index is 4.20. The Morgan fingerprint density at radius 2 is 1.80 bits per heavy atom. The maximum Gasteiger partial charge on any atom is 0.0488 e. The largest absolute Gasteiger partial charge is 0.303 e. The normalized spacial score (nSPS) is 22.4. The van der Waals surface area contributed by atoms with Crippen molar-refractivity contribution in [1.29, 1.82) is 0 Å². The minimum Gasteiger partial charge on any atom is -0.303 e. The molecule has 0 bridgehead atoms. The fraction of sp³-hybridized carbons (Fsp3) is 0.857. The van der Waals surface area contributed by atoms with Crippen LogP contribution in [0.25, 0.3) is 0 Å². The van der Waals surface area contributed by atoms with Crippen molar-refractivity contribution in [2.45, 2.75) is 6.92 Å². The highest BCUT2D eigenvalue weighted by atomic mass is 15.5. The van der Waals surface area contributed by atoms with Crippen molar-refractivity contribution in [3.05, 3.63) is 0 Å². The summed E-state index contributed by atoms with van der Waals surface area (Å²) in [6.45, 7) is 6.37. The van der Waals surface area contributed by atoms with Gasteiger partial charge in [-0.15, -0.1) is 0 Å². The Kier molecular flexibility index (Phi) is 2.68. The van der Waals surface area contributed by atoms with Crippen LogP contribution in [0.4, 0.5) is 0 Å². The molecule has 0 spiro atoms. The Hall–Kier alpha value is -0.570. The lowest BCUT2D eigenvalue weighted by atomic mass is 10.4. The molecule has 0 amide bonds. The summed E-state index contributed by atoms with van der Waals surface area (Å²) in [4.78, 5) is 2.32. The van der Waals surface area contributed by atoms with Gasteiger partial charge >= 0.3 is 0 Å². The third kappa shape index (κ3) is 1.99. The second-order valence-electron chi connectivity index (χ2n) is 2.63. The van der Waals surface area contributed by atoms with Crippen molar-refractivity contribution in [2.75, 3.05) is 33.2 Å². The molecule has 0 saturated carbocycles. The number of nitrogens with zero attached hydrogens (tertiary/aromatic N) is 3.